The van der Waals surface area contributed by atoms with Crippen LogP contribution >= 0.6 is 0 Å². The van der Waals surface area contributed by atoms with Gasteiger partial charge in [0.2, 0.25) is 0 Å². The summed E-state index contributed by atoms with van der Waals surface area (Å²) in [5, 5.41) is 8.53. The molecule has 0 bridgehead atoms. The molecule has 3 atom stereocenters. The van der Waals surface area contributed by atoms with Crippen LogP contribution in [0.2, 0.25) is 0 Å². The van der Waals surface area contributed by atoms with E-state index in [1.54, 1.807) is 6.92 Å². The van der Waals surface area contributed by atoms with Gasteiger partial charge in [0.15, 0.2) is 9.84 Å². The van der Waals surface area contributed by atoms with Gasteiger partial charge in [0.1, 0.15) is 5.82 Å². The molecular weight excluding hydrogens is 257 g/mol. The molecule has 1 aromatic carbocycles. The lowest BCUT2D eigenvalue weighted by Crippen LogP contribution is -2.35. The van der Waals surface area contributed by atoms with E-state index < -0.39 is 33.2 Å². The second-order valence-electron chi connectivity index (χ2n) is 4.67. The van der Waals surface area contributed by atoms with Crippen LogP contribution in [0.15, 0.2) is 24.3 Å². The van der Waals surface area contributed by atoms with Gasteiger partial charge in [0.05, 0.1) is 17.4 Å². The summed E-state index contributed by atoms with van der Waals surface area (Å²) in [6.07, 6.45) is 0. The highest BCUT2D eigenvalue weighted by Crippen LogP contribution is 2.53. The number of sulfone groups is 1. The maximum atomic E-state index is 12.8. The van der Waals surface area contributed by atoms with Crippen molar-refractivity contribution < 1.29 is 17.9 Å². The minimum absolute atomic E-state index is 0.0195. The zero-order valence-corrected chi connectivity index (χ0v) is 10.8. The maximum absolute atomic E-state index is 12.8. The number of aliphatic hydroxyl groups excluding tert-OH is 1. The van der Waals surface area contributed by atoms with E-state index in [2.05, 4.69) is 0 Å². The summed E-state index contributed by atoms with van der Waals surface area (Å²) < 4.78 is 36.7. The highest BCUT2D eigenvalue weighted by Gasteiger charge is 2.68. The van der Waals surface area contributed by atoms with Crippen molar-refractivity contribution in [2.45, 2.75) is 23.6 Å². The normalized spacial score (nSPS) is 31.3. The van der Waals surface area contributed by atoms with Crippen molar-refractivity contribution in [3.05, 3.63) is 35.6 Å². The predicted molar refractivity (Wildman–Crippen MR) is 66.4 cm³/mol. The average Bonchev–Trinajstić information content (AvgIpc) is 2.98. The highest BCUT2D eigenvalue weighted by molar-refractivity contribution is 7.92. The van der Waals surface area contributed by atoms with Crippen LogP contribution in [0.4, 0.5) is 4.39 Å². The third kappa shape index (κ3) is 1.94. The van der Waals surface area contributed by atoms with Crippen molar-refractivity contribution in [1.29, 1.82) is 0 Å². The van der Waals surface area contributed by atoms with Crippen molar-refractivity contribution in [2.24, 2.45) is 5.73 Å². The van der Waals surface area contributed by atoms with Crippen LogP contribution in [0.1, 0.15) is 18.4 Å². The van der Waals surface area contributed by atoms with Gasteiger partial charge in [0.25, 0.3) is 0 Å². The molecule has 100 valence electrons. The summed E-state index contributed by atoms with van der Waals surface area (Å²) in [6.45, 7) is 1.14. The first-order chi connectivity index (χ1) is 8.36. The van der Waals surface area contributed by atoms with Crippen molar-refractivity contribution in [3.8, 4) is 0 Å². The Morgan fingerprint density at radius 1 is 1.39 bits per heavy atom. The Kier molecular flexibility index (Phi) is 3.21. The fourth-order valence-corrected chi connectivity index (χ4v) is 4.48. The molecular formula is C12H16FNO3S. The molecule has 0 aromatic heterocycles. The Balaban J connectivity index is 2.37. The van der Waals surface area contributed by atoms with Crippen LogP contribution in [0.5, 0.6) is 0 Å². The Labute approximate surface area is 106 Å². The van der Waals surface area contributed by atoms with Gasteiger partial charge in [-0.2, -0.15) is 0 Å². The summed E-state index contributed by atoms with van der Waals surface area (Å²) >= 11 is 0. The van der Waals surface area contributed by atoms with E-state index in [9.17, 15) is 17.9 Å². The zero-order chi connectivity index (χ0) is 13.6. The second kappa shape index (κ2) is 4.29. The standard InChI is InChI=1S/C12H16FNO3S/c1-2-18(16,17)11-10(12(11,14)7-15)8-3-5-9(13)6-4-8/h3-6,10-11,15H,2,7,14H2,1H3/t10-,11-,12-/m0/s1. The van der Waals surface area contributed by atoms with Gasteiger partial charge in [-0.1, -0.05) is 19.1 Å². The number of benzene rings is 1. The number of halogens is 1. The fourth-order valence-electron chi connectivity index (χ4n) is 2.49. The lowest BCUT2D eigenvalue weighted by atomic mass is 10.1. The lowest BCUT2D eigenvalue weighted by Gasteiger charge is -2.07. The van der Waals surface area contributed by atoms with Crippen LogP contribution in [0.25, 0.3) is 0 Å². The molecule has 2 rings (SSSR count). The molecule has 1 saturated carbocycles. The van der Waals surface area contributed by atoms with Crippen molar-refractivity contribution in [3.63, 3.8) is 0 Å². The minimum atomic E-state index is -3.33. The molecule has 0 spiro atoms. The van der Waals surface area contributed by atoms with Gasteiger partial charge in [0, 0.05) is 11.7 Å². The van der Waals surface area contributed by atoms with Crippen LogP contribution in [-0.4, -0.2) is 36.7 Å². The van der Waals surface area contributed by atoms with Crippen LogP contribution < -0.4 is 5.73 Å². The first kappa shape index (κ1) is 13.5. The Morgan fingerprint density at radius 2 is 1.94 bits per heavy atom. The minimum Gasteiger partial charge on any atom is -0.394 e. The fraction of sp³-hybridized carbons (Fsp3) is 0.500. The number of rotatable bonds is 4. The van der Waals surface area contributed by atoms with Gasteiger partial charge in [-0.05, 0) is 17.7 Å². The largest absolute Gasteiger partial charge is 0.394 e. The van der Waals surface area contributed by atoms with E-state index in [1.165, 1.54) is 24.3 Å². The topological polar surface area (TPSA) is 80.4 Å². The maximum Gasteiger partial charge on any atom is 0.155 e. The third-order valence-electron chi connectivity index (χ3n) is 3.59. The first-order valence-electron chi connectivity index (χ1n) is 5.73. The third-order valence-corrected chi connectivity index (χ3v) is 5.88. The SMILES string of the molecule is CCS(=O)(=O)[C@H]1[C@H](c2ccc(F)cc2)[C@@]1(N)CO. The van der Waals surface area contributed by atoms with Crippen molar-refractivity contribution >= 4 is 9.84 Å². The molecule has 0 aliphatic heterocycles. The summed E-state index contributed by atoms with van der Waals surface area (Å²) in [7, 11) is -3.33. The second-order valence-corrected chi connectivity index (χ2v) is 7.08. The molecule has 18 heavy (non-hydrogen) atoms. The number of aliphatic hydroxyl groups is 1. The molecule has 0 unspecified atom stereocenters. The van der Waals surface area contributed by atoms with Crippen molar-refractivity contribution in [2.75, 3.05) is 12.4 Å². The van der Waals surface area contributed by atoms with E-state index in [-0.39, 0.29) is 11.6 Å². The van der Waals surface area contributed by atoms with E-state index >= 15 is 0 Å². The summed E-state index contributed by atoms with van der Waals surface area (Å²) in [5.74, 6) is -0.872. The molecule has 6 heteroatoms. The van der Waals surface area contributed by atoms with Crippen LogP contribution in [0.3, 0.4) is 0 Å². The molecule has 0 radical (unpaired) electrons. The molecule has 4 nitrogen and oxygen atoms in total. The van der Waals surface area contributed by atoms with Crippen molar-refractivity contribution in [1.82, 2.24) is 0 Å². The Morgan fingerprint density at radius 3 is 2.39 bits per heavy atom. The predicted octanol–water partition coefficient (Wildman–Crippen LogP) is 0.416. The van der Waals surface area contributed by atoms with Gasteiger partial charge in [-0.3, -0.25) is 0 Å². The Hall–Kier alpha value is -0.980. The van der Waals surface area contributed by atoms with E-state index in [0.29, 0.717) is 5.56 Å². The molecule has 1 aliphatic rings. The Bertz CT molecular complexity index is 543. The quantitative estimate of drug-likeness (QED) is 0.833. The molecule has 0 amide bonds. The molecule has 1 aromatic rings. The monoisotopic (exact) mass is 273 g/mol. The average molecular weight is 273 g/mol. The highest BCUT2D eigenvalue weighted by atomic mass is 32.2. The smallest absolute Gasteiger partial charge is 0.155 e. The molecule has 0 heterocycles. The van der Waals surface area contributed by atoms with Gasteiger partial charge < -0.3 is 10.8 Å². The number of hydrogen-bond acceptors (Lipinski definition) is 4. The number of nitrogens with two attached hydrogens (primary N) is 1. The summed E-state index contributed by atoms with van der Waals surface area (Å²) in [4.78, 5) is 0. The molecule has 3 N–H and O–H groups in total. The lowest BCUT2D eigenvalue weighted by molar-refractivity contribution is 0.253. The molecule has 0 saturated heterocycles. The van der Waals surface area contributed by atoms with Gasteiger partial charge in [-0.25, -0.2) is 12.8 Å². The van der Waals surface area contributed by atoms with Gasteiger partial charge >= 0.3 is 0 Å². The number of hydrogen-bond donors (Lipinski definition) is 2. The molecule has 1 fully saturated rings. The van der Waals surface area contributed by atoms with Crippen LogP contribution in [0, 0.1) is 5.82 Å². The van der Waals surface area contributed by atoms with E-state index in [4.69, 9.17) is 5.73 Å². The van der Waals surface area contributed by atoms with E-state index in [1.807, 2.05) is 0 Å². The molecule has 1 aliphatic carbocycles. The van der Waals surface area contributed by atoms with Crippen LogP contribution in [-0.2, 0) is 9.84 Å². The zero-order valence-electron chi connectivity index (χ0n) is 10.0. The summed E-state index contributed by atoms with van der Waals surface area (Å²) in [6, 6.07) is 5.56. The van der Waals surface area contributed by atoms with E-state index in [0.717, 1.165) is 0 Å². The van der Waals surface area contributed by atoms with Gasteiger partial charge in [-0.15, -0.1) is 0 Å². The first-order valence-corrected chi connectivity index (χ1v) is 7.45. The summed E-state index contributed by atoms with van der Waals surface area (Å²) in [5.41, 5.74) is 5.45.